The molecule has 2 saturated heterocycles. The number of nitrogens with zero attached hydrogens (tertiary/aromatic N) is 6. The lowest BCUT2D eigenvalue weighted by Crippen LogP contribution is -2.53. The SMILES string of the molecule is O=C(C1CC(F)(F)CN1)N1CCN(c2ccc3nncn3n2)CC1. The number of aromatic nitrogens is 4. The van der Waals surface area contributed by atoms with Gasteiger partial charge in [-0.3, -0.25) is 10.1 Å². The summed E-state index contributed by atoms with van der Waals surface area (Å²) in [6.45, 7) is 1.77. The molecular weight excluding hydrogens is 320 g/mol. The lowest BCUT2D eigenvalue weighted by atomic mass is 10.1. The van der Waals surface area contributed by atoms with Crippen molar-refractivity contribution in [2.75, 3.05) is 37.6 Å². The number of piperazine rings is 1. The molecule has 4 rings (SSSR count). The summed E-state index contributed by atoms with van der Waals surface area (Å²) in [5.74, 6) is -2.26. The third-order valence-corrected chi connectivity index (χ3v) is 4.47. The molecule has 0 aliphatic carbocycles. The van der Waals surface area contributed by atoms with Crippen LogP contribution in [0.5, 0.6) is 0 Å². The van der Waals surface area contributed by atoms with Crippen LogP contribution < -0.4 is 10.2 Å². The maximum atomic E-state index is 13.2. The van der Waals surface area contributed by atoms with Crippen molar-refractivity contribution in [1.29, 1.82) is 0 Å². The van der Waals surface area contributed by atoms with Gasteiger partial charge >= 0.3 is 0 Å². The van der Waals surface area contributed by atoms with Gasteiger partial charge in [-0.2, -0.15) is 4.52 Å². The Labute approximate surface area is 136 Å². The number of rotatable bonds is 2. The van der Waals surface area contributed by atoms with Gasteiger partial charge in [0, 0.05) is 32.6 Å². The van der Waals surface area contributed by atoms with Gasteiger partial charge in [0.15, 0.2) is 5.65 Å². The number of carbonyl (C=O) groups excluding carboxylic acids is 1. The number of hydrogen-bond acceptors (Lipinski definition) is 6. The Morgan fingerprint density at radius 2 is 2.04 bits per heavy atom. The summed E-state index contributed by atoms with van der Waals surface area (Å²) in [6, 6.07) is 2.91. The molecule has 8 nitrogen and oxygen atoms in total. The molecule has 2 aliphatic rings. The van der Waals surface area contributed by atoms with E-state index in [1.165, 1.54) is 6.33 Å². The Bertz CT molecular complexity index is 756. The smallest absolute Gasteiger partial charge is 0.262 e. The third-order valence-electron chi connectivity index (χ3n) is 4.47. The molecular formula is C14H17F2N7O. The molecule has 1 amide bonds. The van der Waals surface area contributed by atoms with Gasteiger partial charge in [-0.1, -0.05) is 0 Å². The van der Waals surface area contributed by atoms with Crippen LogP contribution in [-0.2, 0) is 4.79 Å². The number of fused-ring (bicyclic) bond motifs is 1. The number of nitrogens with one attached hydrogen (secondary N) is 1. The number of anilines is 1. The molecule has 0 bridgehead atoms. The first-order valence-electron chi connectivity index (χ1n) is 7.84. The molecule has 1 unspecified atom stereocenters. The predicted molar refractivity (Wildman–Crippen MR) is 80.9 cm³/mol. The zero-order chi connectivity index (χ0) is 16.7. The number of halogens is 2. The summed E-state index contributed by atoms with van der Waals surface area (Å²) in [6.07, 6.45) is 1.11. The second-order valence-electron chi connectivity index (χ2n) is 6.13. The lowest BCUT2D eigenvalue weighted by Gasteiger charge is -2.36. The highest BCUT2D eigenvalue weighted by Crippen LogP contribution is 2.26. The Kier molecular flexibility index (Phi) is 3.56. The molecule has 128 valence electrons. The Morgan fingerprint density at radius 1 is 1.25 bits per heavy atom. The minimum absolute atomic E-state index is 0.242. The third kappa shape index (κ3) is 2.77. The number of amides is 1. The highest BCUT2D eigenvalue weighted by atomic mass is 19.3. The Morgan fingerprint density at radius 3 is 2.75 bits per heavy atom. The van der Waals surface area contributed by atoms with Crippen molar-refractivity contribution >= 4 is 17.4 Å². The second kappa shape index (κ2) is 5.62. The fourth-order valence-corrected chi connectivity index (χ4v) is 3.15. The van der Waals surface area contributed by atoms with E-state index in [1.54, 1.807) is 9.42 Å². The highest BCUT2D eigenvalue weighted by Gasteiger charge is 2.43. The van der Waals surface area contributed by atoms with E-state index in [2.05, 4.69) is 25.5 Å². The zero-order valence-corrected chi connectivity index (χ0v) is 12.9. The van der Waals surface area contributed by atoms with Crippen molar-refractivity contribution in [3.05, 3.63) is 18.5 Å². The van der Waals surface area contributed by atoms with E-state index in [4.69, 9.17) is 0 Å². The summed E-state index contributed by atoms with van der Waals surface area (Å²) in [5, 5.41) is 14.7. The molecule has 10 heteroatoms. The van der Waals surface area contributed by atoms with Gasteiger partial charge in [0.25, 0.3) is 5.92 Å². The fourth-order valence-electron chi connectivity index (χ4n) is 3.15. The van der Waals surface area contributed by atoms with Crippen LogP contribution in [0.4, 0.5) is 14.6 Å². The molecule has 24 heavy (non-hydrogen) atoms. The van der Waals surface area contributed by atoms with Crippen LogP contribution in [0.25, 0.3) is 5.65 Å². The Hall–Kier alpha value is -2.36. The van der Waals surface area contributed by atoms with Crippen molar-refractivity contribution in [3.8, 4) is 0 Å². The molecule has 2 aromatic heterocycles. The van der Waals surface area contributed by atoms with Crippen LogP contribution >= 0.6 is 0 Å². The molecule has 0 spiro atoms. The first kappa shape index (κ1) is 15.2. The molecule has 2 aliphatic heterocycles. The monoisotopic (exact) mass is 337 g/mol. The van der Waals surface area contributed by atoms with Gasteiger partial charge < -0.3 is 9.80 Å². The maximum absolute atomic E-state index is 13.2. The second-order valence-corrected chi connectivity index (χ2v) is 6.13. The molecule has 0 saturated carbocycles. The maximum Gasteiger partial charge on any atom is 0.262 e. The van der Waals surface area contributed by atoms with E-state index >= 15 is 0 Å². The van der Waals surface area contributed by atoms with Crippen molar-refractivity contribution in [2.45, 2.75) is 18.4 Å². The van der Waals surface area contributed by atoms with Gasteiger partial charge in [0.2, 0.25) is 5.91 Å². The quantitative estimate of drug-likeness (QED) is 0.816. The molecule has 1 atom stereocenters. The predicted octanol–water partition coefficient (Wildman–Crippen LogP) is -0.230. The van der Waals surface area contributed by atoms with Crippen LogP contribution in [0.3, 0.4) is 0 Å². The average Bonchev–Trinajstić information content (AvgIpc) is 3.19. The number of alkyl halides is 2. The van der Waals surface area contributed by atoms with Crippen molar-refractivity contribution in [2.24, 2.45) is 0 Å². The van der Waals surface area contributed by atoms with E-state index in [0.717, 1.165) is 5.82 Å². The van der Waals surface area contributed by atoms with E-state index in [0.29, 0.717) is 31.8 Å². The van der Waals surface area contributed by atoms with Crippen LogP contribution in [0.15, 0.2) is 18.5 Å². The highest BCUT2D eigenvalue weighted by molar-refractivity contribution is 5.82. The normalized spacial score (nSPS) is 23.8. The molecule has 2 fully saturated rings. The topological polar surface area (TPSA) is 78.7 Å². The average molecular weight is 337 g/mol. The van der Waals surface area contributed by atoms with Gasteiger partial charge in [-0.25, -0.2) is 8.78 Å². The van der Waals surface area contributed by atoms with E-state index in [-0.39, 0.29) is 5.91 Å². The lowest BCUT2D eigenvalue weighted by molar-refractivity contribution is -0.134. The molecule has 4 heterocycles. The minimum atomic E-state index is -2.79. The molecule has 0 radical (unpaired) electrons. The number of hydrogen-bond donors (Lipinski definition) is 1. The zero-order valence-electron chi connectivity index (χ0n) is 12.9. The molecule has 0 aromatic carbocycles. The van der Waals surface area contributed by atoms with Gasteiger partial charge in [0.05, 0.1) is 12.6 Å². The largest absolute Gasteiger partial charge is 0.352 e. The fraction of sp³-hybridized carbons (Fsp3) is 0.571. The summed E-state index contributed by atoms with van der Waals surface area (Å²) < 4.78 is 28.1. The van der Waals surface area contributed by atoms with Crippen molar-refractivity contribution in [3.63, 3.8) is 0 Å². The first-order chi connectivity index (χ1) is 11.5. The molecule has 1 N–H and O–H groups in total. The van der Waals surface area contributed by atoms with Crippen LogP contribution in [0.1, 0.15) is 6.42 Å². The van der Waals surface area contributed by atoms with Gasteiger partial charge in [0.1, 0.15) is 12.1 Å². The summed E-state index contributed by atoms with van der Waals surface area (Å²) in [4.78, 5) is 16.0. The van der Waals surface area contributed by atoms with Crippen molar-refractivity contribution in [1.82, 2.24) is 30.0 Å². The van der Waals surface area contributed by atoms with Crippen LogP contribution in [0.2, 0.25) is 0 Å². The minimum Gasteiger partial charge on any atom is -0.352 e. The first-order valence-corrected chi connectivity index (χ1v) is 7.84. The standard InChI is InChI=1S/C14H17F2N7O/c15-14(16)7-10(17-8-14)13(24)22-5-3-21(4-6-22)12-2-1-11-19-18-9-23(11)20-12/h1-2,9-10,17H,3-8H2. The van der Waals surface area contributed by atoms with Gasteiger partial charge in [-0.15, -0.1) is 15.3 Å². The van der Waals surface area contributed by atoms with E-state index < -0.39 is 24.9 Å². The Balaban J connectivity index is 1.38. The molecule has 2 aromatic rings. The summed E-state index contributed by atoms with van der Waals surface area (Å²) >= 11 is 0. The van der Waals surface area contributed by atoms with E-state index in [9.17, 15) is 13.6 Å². The van der Waals surface area contributed by atoms with Crippen LogP contribution in [0, 0.1) is 0 Å². The summed E-state index contributed by atoms with van der Waals surface area (Å²) in [7, 11) is 0. The van der Waals surface area contributed by atoms with Gasteiger partial charge in [-0.05, 0) is 12.1 Å². The summed E-state index contributed by atoms with van der Waals surface area (Å²) in [5.41, 5.74) is 0.667. The number of carbonyl (C=O) groups is 1. The van der Waals surface area contributed by atoms with E-state index in [1.807, 2.05) is 12.1 Å². The van der Waals surface area contributed by atoms with Crippen molar-refractivity contribution < 1.29 is 13.6 Å². The van der Waals surface area contributed by atoms with Crippen LogP contribution in [-0.4, -0.2) is 75.3 Å².